The molecule has 6 nitrogen and oxygen atoms in total. The average molecular weight is 504 g/mol. The van der Waals surface area contributed by atoms with Gasteiger partial charge in [0.1, 0.15) is 5.01 Å². The monoisotopic (exact) mass is 503 g/mol. The molecule has 0 aliphatic heterocycles. The fourth-order valence-electron chi connectivity index (χ4n) is 3.29. The molecule has 0 saturated carbocycles. The maximum absolute atomic E-state index is 12.4. The van der Waals surface area contributed by atoms with Crippen LogP contribution in [0, 0.1) is 6.92 Å². The largest absolute Gasteiger partial charge is 0.356 e. The van der Waals surface area contributed by atoms with Gasteiger partial charge in [0.25, 0.3) is 0 Å². The first-order chi connectivity index (χ1) is 16.6. The van der Waals surface area contributed by atoms with Crippen molar-refractivity contribution in [1.29, 1.82) is 0 Å². The molecule has 2 aromatic heterocycles. The lowest BCUT2D eigenvalue weighted by Gasteiger charge is -2.05. The summed E-state index contributed by atoms with van der Waals surface area (Å²) in [5.74, 6) is 0.189. The van der Waals surface area contributed by atoms with Crippen LogP contribution in [0.1, 0.15) is 11.1 Å². The van der Waals surface area contributed by atoms with Gasteiger partial charge in [-0.15, -0.1) is 21.5 Å². The van der Waals surface area contributed by atoms with Crippen molar-refractivity contribution in [2.45, 2.75) is 17.8 Å². The van der Waals surface area contributed by atoms with Crippen LogP contribution < -0.4 is 10.6 Å². The molecule has 0 aliphatic rings. The Hall–Kier alpha value is -3.27. The van der Waals surface area contributed by atoms with Crippen molar-refractivity contribution in [3.05, 3.63) is 83.9 Å². The van der Waals surface area contributed by atoms with Gasteiger partial charge in [-0.2, -0.15) is 0 Å². The quantitative estimate of drug-likeness (QED) is 0.236. The lowest BCUT2D eigenvalue weighted by atomic mass is 10.2. The molecule has 3 aromatic carbocycles. The molecular formula is C25H21N5OS3. The van der Waals surface area contributed by atoms with Crippen molar-refractivity contribution in [3.63, 3.8) is 0 Å². The molecule has 5 aromatic rings. The van der Waals surface area contributed by atoms with E-state index in [1.807, 2.05) is 42.5 Å². The number of amides is 1. The molecule has 0 bridgehead atoms. The van der Waals surface area contributed by atoms with Crippen LogP contribution in [0.15, 0.2) is 77.1 Å². The fourth-order valence-corrected chi connectivity index (χ4v) is 5.91. The van der Waals surface area contributed by atoms with Crippen molar-refractivity contribution in [1.82, 2.24) is 15.2 Å². The second-order valence-electron chi connectivity index (χ2n) is 7.62. The molecule has 0 fully saturated rings. The van der Waals surface area contributed by atoms with Gasteiger partial charge in [0.15, 0.2) is 4.34 Å². The predicted octanol–water partition coefficient (Wildman–Crippen LogP) is 6.47. The number of aromatic nitrogens is 3. The molecular weight excluding hydrogens is 483 g/mol. The summed E-state index contributed by atoms with van der Waals surface area (Å²) >= 11 is 4.50. The van der Waals surface area contributed by atoms with Gasteiger partial charge in [-0.05, 0) is 54.4 Å². The second kappa shape index (κ2) is 10.3. The van der Waals surface area contributed by atoms with Crippen LogP contribution in [-0.2, 0) is 11.3 Å². The SMILES string of the molecule is Cc1ccc2nc(-c3ccc(NC(=O)CSc4nnc(NCc5ccccc5)s4)cc3)sc2c1. The van der Waals surface area contributed by atoms with Crippen LogP contribution in [0.3, 0.4) is 0 Å². The number of carbonyl (C=O) groups is 1. The van der Waals surface area contributed by atoms with Crippen LogP contribution in [0.2, 0.25) is 0 Å². The third-order valence-corrected chi connectivity index (χ3v) is 8.06. The Bertz CT molecular complexity index is 1410. The second-order valence-corrected chi connectivity index (χ2v) is 10.8. The van der Waals surface area contributed by atoms with E-state index in [-0.39, 0.29) is 11.7 Å². The molecule has 0 atom stereocenters. The Morgan fingerprint density at radius 3 is 2.62 bits per heavy atom. The third kappa shape index (κ3) is 5.61. The zero-order chi connectivity index (χ0) is 23.3. The molecule has 0 spiro atoms. The number of fused-ring (bicyclic) bond motifs is 1. The van der Waals surface area contributed by atoms with Crippen molar-refractivity contribution in [3.8, 4) is 10.6 Å². The van der Waals surface area contributed by atoms with E-state index >= 15 is 0 Å². The van der Waals surface area contributed by atoms with E-state index in [9.17, 15) is 4.79 Å². The Morgan fingerprint density at radius 2 is 1.79 bits per heavy atom. The highest BCUT2D eigenvalue weighted by molar-refractivity contribution is 8.01. The van der Waals surface area contributed by atoms with E-state index in [0.29, 0.717) is 6.54 Å². The molecule has 0 saturated heterocycles. The zero-order valence-corrected chi connectivity index (χ0v) is 20.8. The van der Waals surface area contributed by atoms with Gasteiger partial charge < -0.3 is 10.6 Å². The highest BCUT2D eigenvalue weighted by atomic mass is 32.2. The van der Waals surface area contributed by atoms with E-state index < -0.39 is 0 Å². The van der Waals surface area contributed by atoms with Gasteiger partial charge >= 0.3 is 0 Å². The number of nitrogens with zero attached hydrogens (tertiary/aromatic N) is 3. The van der Waals surface area contributed by atoms with Crippen molar-refractivity contribution in [2.24, 2.45) is 0 Å². The predicted molar refractivity (Wildman–Crippen MR) is 143 cm³/mol. The normalized spacial score (nSPS) is 11.0. The van der Waals surface area contributed by atoms with Crippen molar-refractivity contribution >= 4 is 61.4 Å². The van der Waals surface area contributed by atoms with Gasteiger partial charge in [0.2, 0.25) is 11.0 Å². The lowest BCUT2D eigenvalue weighted by molar-refractivity contribution is -0.113. The maximum atomic E-state index is 12.4. The van der Waals surface area contributed by atoms with E-state index in [0.717, 1.165) is 31.2 Å². The minimum absolute atomic E-state index is 0.0813. The Balaban J connectivity index is 1.12. The Labute approximate surface area is 209 Å². The van der Waals surface area contributed by atoms with Crippen LogP contribution in [0.4, 0.5) is 10.8 Å². The average Bonchev–Trinajstić information content (AvgIpc) is 3.49. The topological polar surface area (TPSA) is 79.8 Å². The maximum Gasteiger partial charge on any atom is 0.234 e. The lowest BCUT2D eigenvalue weighted by Crippen LogP contribution is -2.13. The summed E-state index contributed by atoms with van der Waals surface area (Å²) in [7, 11) is 0. The standard InChI is InChI=1S/C25H21N5OS3/c1-16-7-12-20-21(13-16)33-23(28-20)18-8-10-19(11-9-18)27-22(31)15-32-25-30-29-24(34-25)26-14-17-5-3-2-4-6-17/h2-13H,14-15H2,1H3,(H,26,29)(H,27,31). The highest BCUT2D eigenvalue weighted by Crippen LogP contribution is 2.31. The number of hydrogen-bond donors (Lipinski definition) is 2. The number of nitrogens with one attached hydrogen (secondary N) is 2. The fraction of sp³-hybridized carbons (Fsp3) is 0.120. The van der Waals surface area contributed by atoms with Gasteiger partial charge in [-0.3, -0.25) is 4.79 Å². The van der Waals surface area contributed by atoms with E-state index in [1.165, 1.54) is 38.9 Å². The molecule has 0 radical (unpaired) electrons. The number of thioether (sulfide) groups is 1. The van der Waals surface area contributed by atoms with Gasteiger partial charge in [0.05, 0.1) is 16.0 Å². The van der Waals surface area contributed by atoms with E-state index in [1.54, 1.807) is 11.3 Å². The Morgan fingerprint density at radius 1 is 0.971 bits per heavy atom. The summed E-state index contributed by atoms with van der Waals surface area (Å²) in [6.45, 7) is 2.77. The molecule has 0 unspecified atom stereocenters. The van der Waals surface area contributed by atoms with Crippen LogP contribution >= 0.6 is 34.4 Å². The first-order valence-corrected chi connectivity index (χ1v) is 13.3. The minimum atomic E-state index is -0.0813. The molecule has 2 heterocycles. The number of hydrogen-bond acceptors (Lipinski definition) is 8. The van der Waals surface area contributed by atoms with Gasteiger partial charge in [-0.25, -0.2) is 4.98 Å². The molecule has 0 aliphatic carbocycles. The summed E-state index contributed by atoms with van der Waals surface area (Å²) in [4.78, 5) is 17.1. The summed E-state index contributed by atoms with van der Waals surface area (Å²) in [5.41, 5.74) is 5.21. The van der Waals surface area contributed by atoms with E-state index in [2.05, 4.69) is 58.1 Å². The number of thiazole rings is 1. The summed E-state index contributed by atoms with van der Waals surface area (Å²) in [6.07, 6.45) is 0. The number of anilines is 2. The summed E-state index contributed by atoms with van der Waals surface area (Å²) < 4.78 is 1.94. The third-order valence-electron chi connectivity index (χ3n) is 4.98. The molecule has 5 rings (SSSR count). The number of carbonyl (C=O) groups excluding carboxylic acids is 1. The van der Waals surface area contributed by atoms with Crippen LogP contribution in [0.25, 0.3) is 20.8 Å². The highest BCUT2D eigenvalue weighted by Gasteiger charge is 2.10. The smallest absolute Gasteiger partial charge is 0.234 e. The molecule has 34 heavy (non-hydrogen) atoms. The number of aryl methyl sites for hydroxylation is 1. The minimum Gasteiger partial charge on any atom is -0.356 e. The number of benzene rings is 3. The van der Waals surface area contributed by atoms with Gasteiger partial charge in [-0.1, -0.05) is 59.5 Å². The first-order valence-electron chi connectivity index (χ1n) is 10.6. The molecule has 170 valence electrons. The molecule has 1 amide bonds. The van der Waals surface area contributed by atoms with Crippen molar-refractivity contribution < 1.29 is 4.79 Å². The zero-order valence-electron chi connectivity index (χ0n) is 18.3. The van der Waals surface area contributed by atoms with E-state index in [4.69, 9.17) is 4.98 Å². The Kier molecular flexibility index (Phi) is 6.84. The first kappa shape index (κ1) is 22.5. The number of rotatable bonds is 8. The van der Waals surface area contributed by atoms with Crippen LogP contribution in [0.5, 0.6) is 0 Å². The summed E-state index contributed by atoms with van der Waals surface area (Å²) in [5, 5.41) is 16.2. The van der Waals surface area contributed by atoms with Gasteiger partial charge in [0, 0.05) is 17.8 Å². The van der Waals surface area contributed by atoms with Crippen molar-refractivity contribution in [2.75, 3.05) is 16.4 Å². The molecule has 9 heteroatoms. The van der Waals surface area contributed by atoms with Crippen LogP contribution in [-0.4, -0.2) is 26.8 Å². The summed E-state index contributed by atoms with van der Waals surface area (Å²) in [6, 6.07) is 24.2. The molecule has 2 N–H and O–H groups in total.